The van der Waals surface area contributed by atoms with Crippen LogP contribution in [-0.2, 0) is 0 Å². The summed E-state index contributed by atoms with van der Waals surface area (Å²) in [5.74, 6) is 0.703. The maximum absolute atomic E-state index is 9.11. The SMILES string of the molecule is CCC(CCO)NC1(CN)CCN2CCC1C2. The van der Waals surface area contributed by atoms with Gasteiger partial charge in [-0.2, -0.15) is 0 Å². The fourth-order valence-corrected chi connectivity index (χ4v) is 3.51. The molecule has 2 aliphatic rings. The molecule has 2 rings (SSSR count). The van der Waals surface area contributed by atoms with E-state index in [2.05, 4.69) is 17.1 Å². The minimum atomic E-state index is 0.128. The lowest BCUT2D eigenvalue weighted by molar-refractivity contribution is 0.115. The Balaban J connectivity index is 2.02. The first-order valence-corrected chi connectivity index (χ1v) is 7.05. The molecule has 0 spiro atoms. The Hall–Kier alpha value is -0.160. The molecule has 0 aromatic carbocycles. The average Bonchev–Trinajstić information content (AvgIpc) is 2.77. The van der Waals surface area contributed by atoms with E-state index in [4.69, 9.17) is 10.8 Å². The summed E-state index contributed by atoms with van der Waals surface area (Å²) in [6, 6.07) is 0.413. The number of piperidine rings is 1. The largest absolute Gasteiger partial charge is 0.396 e. The van der Waals surface area contributed by atoms with E-state index < -0.39 is 0 Å². The minimum absolute atomic E-state index is 0.128. The monoisotopic (exact) mass is 241 g/mol. The predicted molar refractivity (Wildman–Crippen MR) is 69.9 cm³/mol. The zero-order chi connectivity index (χ0) is 12.3. The number of nitrogens with two attached hydrogens (primary N) is 1. The van der Waals surface area contributed by atoms with Crippen LogP contribution in [-0.4, -0.2) is 54.4 Å². The van der Waals surface area contributed by atoms with Crippen molar-refractivity contribution >= 4 is 0 Å². The first kappa shape index (κ1) is 13.3. The third-order valence-electron chi connectivity index (χ3n) is 4.75. The lowest BCUT2D eigenvalue weighted by Crippen LogP contribution is -2.63. The fourth-order valence-electron chi connectivity index (χ4n) is 3.51. The van der Waals surface area contributed by atoms with Gasteiger partial charge in [0.05, 0.1) is 0 Å². The van der Waals surface area contributed by atoms with Gasteiger partial charge >= 0.3 is 0 Å². The highest BCUT2D eigenvalue weighted by Gasteiger charge is 2.45. The van der Waals surface area contributed by atoms with Gasteiger partial charge in [-0.3, -0.25) is 0 Å². The number of rotatable bonds is 6. The number of nitrogens with one attached hydrogen (secondary N) is 1. The Bertz CT molecular complexity index is 249. The summed E-state index contributed by atoms with van der Waals surface area (Å²) in [7, 11) is 0. The molecule has 2 saturated heterocycles. The molecule has 0 aromatic heterocycles. The van der Waals surface area contributed by atoms with Crippen molar-refractivity contribution in [1.82, 2.24) is 10.2 Å². The molecule has 17 heavy (non-hydrogen) atoms. The molecular formula is C13H27N3O. The molecule has 2 heterocycles. The van der Waals surface area contributed by atoms with Gasteiger partial charge in [-0.25, -0.2) is 0 Å². The molecule has 0 amide bonds. The van der Waals surface area contributed by atoms with Gasteiger partial charge in [-0.05, 0) is 44.7 Å². The second-order valence-electron chi connectivity index (χ2n) is 5.66. The van der Waals surface area contributed by atoms with Crippen LogP contribution in [0.1, 0.15) is 32.6 Å². The van der Waals surface area contributed by atoms with Crippen LogP contribution in [0.25, 0.3) is 0 Å². The van der Waals surface area contributed by atoms with Gasteiger partial charge in [0.25, 0.3) is 0 Å². The summed E-state index contributed by atoms with van der Waals surface area (Å²) >= 11 is 0. The minimum Gasteiger partial charge on any atom is -0.396 e. The molecule has 100 valence electrons. The maximum atomic E-state index is 9.11. The molecular weight excluding hydrogens is 214 g/mol. The maximum Gasteiger partial charge on any atom is 0.0445 e. The van der Waals surface area contributed by atoms with Crippen molar-refractivity contribution in [3.63, 3.8) is 0 Å². The van der Waals surface area contributed by atoms with Crippen molar-refractivity contribution < 1.29 is 5.11 Å². The van der Waals surface area contributed by atoms with Crippen LogP contribution >= 0.6 is 0 Å². The van der Waals surface area contributed by atoms with Gasteiger partial charge in [0.2, 0.25) is 0 Å². The fraction of sp³-hybridized carbons (Fsp3) is 1.00. The van der Waals surface area contributed by atoms with E-state index in [1.54, 1.807) is 0 Å². The molecule has 2 bridgehead atoms. The number of aliphatic hydroxyl groups is 1. The van der Waals surface area contributed by atoms with Crippen molar-refractivity contribution in [2.24, 2.45) is 11.7 Å². The summed E-state index contributed by atoms with van der Waals surface area (Å²) in [6.07, 6.45) is 4.35. The van der Waals surface area contributed by atoms with Crippen LogP contribution in [0.15, 0.2) is 0 Å². The number of hydrogen-bond acceptors (Lipinski definition) is 4. The highest BCUT2D eigenvalue weighted by molar-refractivity contribution is 5.04. The third-order valence-corrected chi connectivity index (χ3v) is 4.75. The van der Waals surface area contributed by atoms with Crippen LogP contribution in [0, 0.1) is 5.92 Å². The number of hydrogen-bond donors (Lipinski definition) is 3. The molecule has 2 fully saturated rings. The van der Waals surface area contributed by atoms with Gasteiger partial charge in [0, 0.05) is 31.3 Å². The topological polar surface area (TPSA) is 61.5 Å². The second kappa shape index (κ2) is 5.65. The first-order valence-electron chi connectivity index (χ1n) is 7.05. The Morgan fingerprint density at radius 2 is 2.35 bits per heavy atom. The van der Waals surface area contributed by atoms with E-state index in [1.807, 2.05) is 0 Å². The summed E-state index contributed by atoms with van der Waals surface area (Å²) in [4.78, 5) is 2.55. The molecule has 4 N–H and O–H groups in total. The Morgan fingerprint density at radius 1 is 1.53 bits per heavy atom. The second-order valence-corrected chi connectivity index (χ2v) is 5.66. The van der Waals surface area contributed by atoms with Crippen molar-refractivity contribution in [3.05, 3.63) is 0 Å². The molecule has 4 heteroatoms. The first-order chi connectivity index (χ1) is 8.24. The van der Waals surface area contributed by atoms with Crippen molar-refractivity contribution in [2.75, 3.05) is 32.8 Å². The van der Waals surface area contributed by atoms with E-state index in [1.165, 1.54) is 26.1 Å². The Kier molecular flexibility index (Phi) is 4.42. The van der Waals surface area contributed by atoms with E-state index in [-0.39, 0.29) is 12.1 Å². The number of fused-ring (bicyclic) bond motifs is 2. The van der Waals surface area contributed by atoms with Crippen molar-refractivity contribution in [1.29, 1.82) is 0 Å². The summed E-state index contributed by atoms with van der Waals surface area (Å²) in [5, 5.41) is 12.9. The quantitative estimate of drug-likeness (QED) is 0.620. The Morgan fingerprint density at radius 3 is 3.00 bits per heavy atom. The van der Waals surface area contributed by atoms with E-state index in [9.17, 15) is 0 Å². The van der Waals surface area contributed by atoms with Crippen LogP contribution in [0.2, 0.25) is 0 Å². The van der Waals surface area contributed by atoms with Crippen LogP contribution in [0.4, 0.5) is 0 Å². The smallest absolute Gasteiger partial charge is 0.0445 e. The lowest BCUT2D eigenvalue weighted by Gasteiger charge is -2.45. The molecule has 0 radical (unpaired) electrons. The average molecular weight is 241 g/mol. The standard InChI is InChI=1S/C13H27N3O/c1-2-12(4-8-17)15-13(10-14)5-7-16-6-3-11(13)9-16/h11-12,15,17H,2-10,14H2,1H3. The molecule has 4 atom stereocenters. The summed E-state index contributed by atoms with van der Waals surface area (Å²) in [6.45, 7) is 6.80. The normalized spacial score (nSPS) is 38.3. The molecule has 2 aliphatic heterocycles. The van der Waals surface area contributed by atoms with Gasteiger partial charge in [0.15, 0.2) is 0 Å². The number of nitrogens with zero attached hydrogens (tertiary/aromatic N) is 1. The van der Waals surface area contributed by atoms with Crippen LogP contribution < -0.4 is 11.1 Å². The highest BCUT2D eigenvalue weighted by Crippen LogP contribution is 2.35. The number of aliphatic hydroxyl groups excluding tert-OH is 1. The third kappa shape index (κ3) is 2.65. The van der Waals surface area contributed by atoms with Crippen LogP contribution in [0.3, 0.4) is 0 Å². The molecule has 4 unspecified atom stereocenters. The van der Waals surface area contributed by atoms with Crippen molar-refractivity contribution in [3.8, 4) is 0 Å². The molecule has 0 saturated carbocycles. The van der Waals surface area contributed by atoms with E-state index in [0.717, 1.165) is 25.8 Å². The van der Waals surface area contributed by atoms with E-state index in [0.29, 0.717) is 12.0 Å². The zero-order valence-corrected chi connectivity index (χ0v) is 11.0. The Labute approximate surface area is 105 Å². The molecule has 0 aromatic rings. The van der Waals surface area contributed by atoms with Gasteiger partial charge in [0.1, 0.15) is 0 Å². The zero-order valence-electron chi connectivity index (χ0n) is 11.0. The molecule has 0 aliphatic carbocycles. The van der Waals surface area contributed by atoms with Gasteiger partial charge in [-0.1, -0.05) is 6.92 Å². The van der Waals surface area contributed by atoms with Gasteiger partial charge in [-0.15, -0.1) is 0 Å². The predicted octanol–water partition coefficient (Wildman–Crippen LogP) is 0.160. The van der Waals surface area contributed by atoms with Crippen LogP contribution in [0.5, 0.6) is 0 Å². The summed E-state index contributed by atoms with van der Waals surface area (Å²) in [5.41, 5.74) is 6.21. The summed E-state index contributed by atoms with van der Waals surface area (Å²) < 4.78 is 0. The lowest BCUT2D eigenvalue weighted by atomic mass is 9.78. The van der Waals surface area contributed by atoms with Crippen molar-refractivity contribution in [2.45, 2.75) is 44.2 Å². The highest BCUT2D eigenvalue weighted by atomic mass is 16.3. The molecule has 4 nitrogen and oxygen atoms in total. The van der Waals surface area contributed by atoms with E-state index >= 15 is 0 Å². The van der Waals surface area contributed by atoms with Gasteiger partial charge < -0.3 is 21.1 Å².